The van der Waals surface area contributed by atoms with Crippen LogP contribution in [0.3, 0.4) is 0 Å². The van der Waals surface area contributed by atoms with Gasteiger partial charge in [-0.25, -0.2) is 4.79 Å². The van der Waals surface area contributed by atoms with Crippen molar-refractivity contribution < 1.29 is 40.7 Å². The average molecular weight is 565 g/mol. The lowest BCUT2D eigenvalue weighted by atomic mass is 9.78. The van der Waals surface area contributed by atoms with Gasteiger partial charge in [-0.2, -0.15) is 26.3 Å². The van der Waals surface area contributed by atoms with E-state index in [1.807, 2.05) is 14.7 Å². The Balaban J connectivity index is 1.43. The molecule has 1 aromatic rings. The number of carbonyl (C=O) groups excluding carboxylic acids is 2. The van der Waals surface area contributed by atoms with Crippen molar-refractivity contribution in [2.75, 3.05) is 57.3 Å². The zero-order chi connectivity index (χ0) is 28.6. The largest absolute Gasteiger partial charge is 0.437 e. The van der Waals surface area contributed by atoms with Crippen molar-refractivity contribution in [2.24, 2.45) is 5.41 Å². The molecule has 0 aliphatic carbocycles. The molecule has 7 nitrogen and oxygen atoms in total. The lowest BCUT2D eigenvalue weighted by Crippen LogP contribution is -2.49. The van der Waals surface area contributed by atoms with Gasteiger partial charge in [-0.15, -0.1) is 0 Å². The molecule has 0 N–H and O–H groups in total. The Morgan fingerprint density at radius 3 is 2.10 bits per heavy atom. The standard InChI is InChI=1S/C26H34F6N4O3/c1-18(25(27,28)29)39-23(38)35-13-11-33(12-14-35)16-20-3-4-21(26(30,31)32)15-22(20)36-10-7-24(17-36)5-8-34(9-6-24)19(2)37/h3-4,15,18H,5-14,16-17H2,1-2H3. The third-order valence-corrected chi connectivity index (χ3v) is 8.22. The second-order valence-corrected chi connectivity index (χ2v) is 10.8. The molecule has 3 fully saturated rings. The van der Waals surface area contributed by atoms with Crippen LogP contribution in [0.1, 0.15) is 44.2 Å². The maximum Gasteiger partial charge on any atom is 0.425 e. The fourth-order valence-electron chi connectivity index (χ4n) is 5.64. The Hall–Kier alpha value is -2.70. The van der Waals surface area contributed by atoms with Gasteiger partial charge in [-0.05, 0) is 49.3 Å². The van der Waals surface area contributed by atoms with Crippen molar-refractivity contribution in [3.63, 3.8) is 0 Å². The number of alkyl halides is 6. The molecule has 3 aliphatic rings. The molecule has 1 atom stereocenters. The molecular formula is C26H34F6N4O3. The highest BCUT2D eigenvalue weighted by Crippen LogP contribution is 2.44. The topological polar surface area (TPSA) is 56.3 Å². The molecule has 1 unspecified atom stereocenters. The fraction of sp³-hybridized carbons (Fsp3) is 0.692. The predicted octanol–water partition coefficient (Wildman–Crippen LogP) is 4.75. The van der Waals surface area contributed by atoms with Gasteiger partial charge in [-0.3, -0.25) is 9.69 Å². The quantitative estimate of drug-likeness (QED) is 0.495. The molecule has 218 valence electrons. The molecule has 3 heterocycles. The summed E-state index contributed by atoms with van der Waals surface area (Å²) in [5, 5.41) is 0. The molecule has 0 aromatic heterocycles. The minimum Gasteiger partial charge on any atom is -0.437 e. The molecule has 39 heavy (non-hydrogen) atoms. The molecule has 0 saturated carbocycles. The second-order valence-electron chi connectivity index (χ2n) is 10.8. The fourth-order valence-corrected chi connectivity index (χ4v) is 5.64. The number of hydrogen-bond donors (Lipinski definition) is 0. The van der Waals surface area contributed by atoms with Crippen LogP contribution in [0.25, 0.3) is 0 Å². The molecular weight excluding hydrogens is 530 g/mol. The van der Waals surface area contributed by atoms with Gasteiger partial charge in [0.25, 0.3) is 0 Å². The second kappa shape index (κ2) is 11.1. The highest BCUT2D eigenvalue weighted by molar-refractivity contribution is 5.73. The van der Waals surface area contributed by atoms with Crippen LogP contribution in [-0.4, -0.2) is 91.3 Å². The van der Waals surface area contributed by atoms with Gasteiger partial charge in [-0.1, -0.05) is 6.07 Å². The van der Waals surface area contributed by atoms with Crippen LogP contribution in [0, 0.1) is 5.41 Å². The number of piperidine rings is 1. The summed E-state index contributed by atoms with van der Waals surface area (Å²) in [5.41, 5.74) is 0.483. The van der Waals surface area contributed by atoms with E-state index in [9.17, 15) is 35.9 Å². The zero-order valence-electron chi connectivity index (χ0n) is 22.1. The number of rotatable bonds is 4. The predicted molar refractivity (Wildman–Crippen MR) is 131 cm³/mol. The molecule has 3 saturated heterocycles. The van der Waals surface area contributed by atoms with E-state index < -0.39 is 30.1 Å². The Morgan fingerprint density at radius 2 is 1.54 bits per heavy atom. The van der Waals surface area contributed by atoms with Crippen molar-refractivity contribution in [2.45, 2.75) is 58.1 Å². The molecule has 3 aliphatic heterocycles. The molecule has 1 aromatic carbocycles. The number of benzene rings is 1. The van der Waals surface area contributed by atoms with Crippen LogP contribution in [0.2, 0.25) is 0 Å². The molecule has 13 heteroatoms. The molecule has 2 amide bonds. The van der Waals surface area contributed by atoms with Crippen molar-refractivity contribution in [1.29, 1.82) is 0 Å². The first-order chi connectivity index (χ1) is 18.2. The van der Waals surface area contributed by atoms with E-state index in [0.29, 0.717) is 51.5 Å². The Kier molecular flexibility index (Phi) is 8.30. The Bertz CT molecular complexity index is 1050. The van der Waals surface area contributed by atoms with Crippen molar-refractivity contribution in [3.05, 3.63) is 29.3 Å². The lowest BCUT2D eigenvalue weighted by Gasteiger charge is -2.39. The Labute approximate surface area is 223 Å². The van der Waals surface area contributed by atoms with Crippen molar-refractivity contribution in [3.8, 4) is 0 Å². The van der Waals surface area contributed by atoms with Crippen LogP contribution in [-0.2, 0) is 22.3 Å². The first kappa shape index (κ1) is 29.3. The highest BCUT2D eigenvalue weighted by atomic mass is 19.4. The molecule has 4 rings (SSSR count). The first-order valence-electron chi connectivity index (χ1n) is 13.1. The number of likely N-dealkylation sites (tertiary alicyclic amines) is 1. The average Bonchev–Trinajstić information content (AvgIpc) is 3.26. The minimum atomic E-state index is -4.64. The van der Waals surface area contributed by atoms with Crippen LogP contribution < -0.4 is 4.90 Å². The zero-order valence-corrected chi connectivity index (χ0v) is 22.1. The summed E-state index contributed by atoms with van der Waals surface area (Å²) in [7, 11) is 0. The molecule has 0 radical (unpaired) electrons. The van der Waals surface area contributed by atoms with Gasteiger partial charge in [0.05, 0.1) is 5.56 Å². The van der Waals surface area contributed by atoms with Crippen LogP contribution >= 0.6 is 0 Å². The Morgan fingerprint density at radius 1 is 0.923 bits per heavy atom. The number of ether oxygens (including phenoxy) is 1. The molecule has 0 bridgehead atoms. The SMILES string of the molecule is CC(=O)N1CCC2(CC1)CCN(c1cc(C(F)(F)F)ccc1CN1CCN(C(=O)OC(C)C(F)(F)F)CC1)C2. The van der Waals surface area contributed by atoms with Gasteiger partial charge < -0.3 is 19.4 Å². The summed E-state index contributed by atoms with van der Waals surface area (Å²) in [6.07, 6.45) is -9.92. The maximum atomic E-state index is 13.6. The van der Waals surface area contributed by atoms with E-state index in [2.05, 4.69) is 4.74 Å². The summed E-state index contributed by atoms with van der Waals surface area (Å²) in [4.78, 5) is 30.9. The summed E-state index contributed by atoms with van der Waals surface area (Å²) in [5.74, 6) is 0.0306. The lowest BCUT2D eigenvalue weighted by molar-refractivity contribution is -0.200. The van der Waals surface area contributed by atoms with Gasteiger partial charge in [0.15, 0.2) is 6.10 Å². The van der Waals surface area contributed by atoms with E-state index in [-0.39, 0.29) is 24.4 Å². The summed E-state index contributed by atoms with van der Waals surface area (Å²) in [6, 6.07) is 3.76. The van der Waals surface area contributed by atoms with Crippen molar-refractivity contribution in [1.82, 2.24) is 14.7 Å². The summed E-state index contributed by atoms with van der Waals surface area (Å²) < 4.78 is 83.5. The normalized spacial score (nSPS) is 21.4. The number of hydrogen-bond acceptors (Lipinski definition) is 5. The monoisotopic (exact) mass is 564 g/mol. The van der Waals surface area contributed by atoms with Gasteiger partial charge in [0.1, 0.15) is 0 Å². The maximum absolute atomic E-state index is 13.6. The van der Waals surface area contributed by atoms with Crippen LogP contribution in [0.5, 0.6) is 0 Å². The first-order valence-corrected chi connectivity index (χ1v) is 13.1. The van der Waals surface area contributed by atoms with Gasteiger partial charge >= 0.3 is 18.4 Å². The van der Waals surface area contributed by atoms with Crippen LogP contribution in [0.15, 0.2) is 18.2 Å². The van der Waals surface area contributed by atoms with Crippen LogP contribution in [0.4, 0.5) is 36.8 Å². The number of nitrogens with zero attached hydrogens (tertiary/aromatic N) is 4. The van der Waals surface area contributed by atoms with Gasteiger partial charge in [0.2, 0.25) is 5.91 Å². The smallest absolute Gasteiger partial charge is 0.425 e. The van der Waals surface area contributed by atoms with E-state index >= 15 is 0 Å². The number of anilines is 1. The molecule has 1 spiro atoms. The summed E-state index contributed by atoms with van der Waals surface area (Å²) in [6.45, 7) is 6.18. The third-order valence-electron chi connectivity index (χ3n) is 8.22. The number of amides is 2. The third kappa shape index (κ3) is 6.90. The van der Waals surface area contributed by atoms with E-state index in [1.165, 1.54) is 17.0 Å². The number of piperazine rings is 1. The minimum absolute atomic E-state index is 0.0306. The van der Waals surface area contributed by atoms with E-state index in [4.69, 9.17) is 0 Å². The number of carbonyl (C=O) groups is 2. The van der Waals surface area contributed by atoms with Gasteiger partial charge in [0, 0.05) is 71.5 Å². The summed E-state index contributed by atoms with van der Waals surface area (Å²) >= 11 is 0. The highest BCUT2D eigenvalue weighted by Gasteiger charge is 2.43. The van der Waals surface area contributed by atoms with Crippen molar-refractivity contribution >= 4 is 17.7 Å². The number of halogens is 6. The van der Waals surface area contributed by atoms with E-state index in [0.717, 1.165) is 37.8 Å². The van der Waals surface area contributed by atoms with E-state index in [1.54, 1.807) is 6.92 Å².